The van der Waals surface area contributed by atoms with E-state index < -0.39 is 48.2 Å². The van der Waals surface area contributed by atoms with Crippen molar-refractivity contribution < 1.29 is 33.0 Å². The van der Waals surface area contributed by atoms with Gasteiger partial charge in [-0.2, -0.15) is 0 Å². The normalized spacial score (nSPS) is 20.1. The van der Waals surface area contributed by atoms with Crippen molar-refractivity contribution in [2.45, 2.75) is 18.6 Å². The maximum Gasteiger partial charge on any atom is 0.328 e. The molecule has 0 radical (unpaired) electrons. The molecular formula is C22H19FN2O6. The number of halogens is 1. The van der Waals surface area contributed by atoms with Crippen LogP contribution >= 0.6 is 0 Å². The number of methoxy groups -OCH3 is 1. The van der Waals surface area contributed by atoms with Crippen LogP contribution in [-0.2, 0) is 14.3 Å². The summed E-state index contributed by atoms with van der Waals surface area (Å²) < 4.78 is 24.4. The van der Waals surface area contributed by atoms with Crippen molar-refractivity contribution in [3.05, 3.63) is 65.5 Å². The Balaban J connectivity index is 1.50. The average Bonchev–Trinajstić information content (AvgIpc) is 3.30. The molecule has 2 unspecified atom stereocenters. The molecule has 31 heavy (non-hydrogen) atoms. The topological polar surface area (TPSA) is 93.2 Å². The Morgan fingerprint density at radius 2 is 1.65 bits per heavy atom. The van der Waals surface area contributed by atoms with Crippen molar-refractivity contribution in [2.24, 2.45) is 0 Å². The van der Waals surface area contributed by atoms with Gasteiger partial charge >= 0.3 is 5.97 Å². The second-order valence-corrected chi connectivity index (χ2v) is 7.23. The lowest BCUT2D eigenvalue weighted by Gasteiger charge is -2.24. The van der Waals surface area contributed by atoms with E-state index >= 15 is 0 Å². The van der Waals surface area contributed by atoms with E-state index in [0.717, 1.165) is 4.90 Å². The second-order valence-electron chi connectivity index (χ2n) is 7.23. The molecule has 4 rings (SSSR count). The summed E-state index contributed by atoms with van der Waals surface area (Å²) in [6, 6.07) is 11.2. The van der Waals surface area contributed by atoms with Crippen LogP contribution in [-0.4, -0.2) is 65.8 Å². The van der Waals surface area contributed by atoms with Crippen LogP contribution in [0.25, 0.3) is 0 Å². The van der Waals surface area contributed by atoms with Gasteiger partial charge in [-0.15, -0.1) is 0 Å². The molecule has 1 saturated heterocycles. The maximum atomic E-state index is 13.9. The number of benzene rings is 2. The third-order valence-electron chi connectivity index (χ3n) is 5.36. The number of carbonyl (C=O) groups is 4. The van der Waals surface area contributed by atoms with E-state index in [0.29, 0.717) is 0 Å². The molecule has 0 bridgehead atoms. The average molecular weight is 426 g/mol. The van der Waals surface area contributed by atoms with Gasteiger partial charge in [-0.1, -0.05) is 24.3 Å². The summed E-state index contributed by atoms with van der Waals surface area (Å²) >= 11 is 0. The van der Waals surface area contributed by atoms with Gasteiger partial charge in [-0.05, 0) is 24.3 Å². The van der Waals surface area contributed by atoms with E-state index in [2.05, 4.69) is 0 Å². The number of carbonyl (C=O) groups excluding carboxylic acids is 4. The van der Waals surface area contributed by atoms with E-state index in [1.54, 1.807) is 18.2 Å². The highest BCUT2D eigenvalue weighted by atomic mass is 19.1. The summed E-state index contributed by atoms with van der Waals surface area (Å²) in [5.74, 6) is -2.96. The van der Waals surface area contributed by atoms with Crippen LogP contribution in [0.3, 0.4) is 0 Å². The van der Waals surface area contributed by atoms with E-state index in [1.807, 2.05) is 0 Å². The number of para-hydroxylation sites is 1. The standard InChI is InChI=1S/C22H19FN2O6/c1-30-22(29)17-10-13(31-18-9-5-4-8-16(18)23)11-24(17)19(26)12-25-20(27)14-6-2-3-7-15(14)21(25)28/h2-9,13,17H,10-12H2,1H3. The molecule has 0 saturated carbocycles. The molecule has 0 N–H and O–H groups in total. The number of likely N-dealkylation sites (tertiary alicyclic amines) is 1. The second kappa shape index (κ2) is 8.17. The lowest BCUT2D eigenvalue weighted by Crippen LogP contribution is -2.47. The first-order valence-corrected chi connectivity index (χ1v) is 9.64. The molecule has 2 aliphatic rings. The highest BCUT2D eigenvalue weighted by Crippen LogP contribution is 2.27. The first-order valence-electron chi connectivity index (χ1n) is 9.64. The molecule has 9 heteroatoms. The predicted molar refractivity (Wildman–Crippen MR) is 105 cm³/mol. The Morgan fingerprint density at radius 3 is 2.26 bits per heavy atom. The Labute approximate surface area is 177 Å². The molecular weight excluding hydrogens is 407 g/mol. The van der Waals surface area contributed by atoms with Crippen molar-refractivity contribution in [2.75, 3.05) is 20.2 Å². The smallest absolute Gasteiger partial charge is 0.328 e. The van der Waals surface area contributed by atoms with Gasteiger partial charge in [0, 0.05) is 6.42 Å². The maximum absolute atomic E-state index is 13.9. The number of imide groups is 1. The molecule has 2 aromatic carbocycles. The Bertz CT molecular complexity index is 1040. The predicted octanol–water partition coefficient (Wildman–Crippen LogP) is 1.64. The van der Waals surface area contributed by atoms with Gasteiger partial charge in [0.2, 0.25) is 5.91 Å². The fourth-order valence-electron chi connectivity index (χ4n) is 3.85. The van der Waals surface area contributed by atoms with Crippen molar-refractivity contribution in [3.63, 3.8) is 0 Å². The Kier molecular flexibility index (Phi) is 5.41. The van der Waals surface area contributed by atoms with Gasteiger partial charge in [0.15, 0.2) is 11.6 Å². The summed E-state index contributed by atoms with van der Waals surface area (Å²) in [4.78, 5) is 52.4. The number of nitrogens with zero attached hydrogens (tertiary/aromatic N) is 2. The van der Waals surface area contributed by atoms with Crippen LogP contribution in [0.4, 0.5) is 4.39 Å². The number of esters is 1. The van der Waals surface area contributed by atoms with E-state index in [9.17, 15) is 23.6 Å². The zero-order chi connectivity index (χ0) is 22.1. The van der Waals surface area contributed by atoms with Gasteiger partial charge in [0.25, 0.3) is 11.8 Å². The summed E-state index contributed by atoms with van der Waals surface area (Å²) in [7, 11) is 1.19. The van der Waals surface area contributed by atoms with E-state index in [4.69, 9.17) is 9.47 Å². The quantitative estimate of drug-likeness (QED) is 0.533. The monoisotopic (exact) mass is 426 g/mol. The molecule has 0 spiro atoms. The molecule has 3 amide bonds. The lowest BCUT2D eigenvalue weighted by atomic mass is 10.1. The molecule has 2 aromatic rings. The number of rotatable bonds is 5. The number of amides is 3. The van der Waals surface area contributed by atoms with Crippen molar-refractivity contribution in [1.82, 2.24) is 9.80 Å². The zero-order valence-electron chi connectivity index (χ0n) is 16.6. The van der Waals surface area contributed by atoms with Crippen LogP contribution in [0.15, 0.2) is 48.5 Å². The van der Waals surface area contributed by atoms with Gasteiger partial charge in [0.1, 0.15) is 18.7 Å². The Hall–Kier alpha value is -3.75. The minimum absolute atomic E-state index is 0.00534. The van der Waals surface area contributed by atoms with Crippen molar-refractivity contribution in [1.29, 1.82) is 0 Å². The van der Waals surface area contributed by atoms with Crippen molar-refractivity contribution >= 4 is 23.7 Å². The van der Waals surface area contributed by atoms with Crippen LogP contribution in [0.2, 0.25) is 0 Å². The fraction of sp³-hybridized carbons (Fsp3) is 0.273. The molecule has 160 valence electrons. The largest absolute Gasteiger partial charge is 0.485 e. The van der Waals surface area contributed by atoms with Crippen LogP contribution < -0.4 is 4.74 Å². The molecule has 0 aromatic heterocycles. The van der Waals surface area contributed by atoms with E-state index in [-0.39, 0.29) is 29.8 Å². The minimum Gasteiger partial charge on any atom is -0.485 e. The summed E-state index contributed by atoms with van der Waals surface area (Å²) in [6.07, 6.45) is -0.568. The van der Waals surface area contributed by atoms with Crippen LogP contribution in [0, 0.1) is 5.82 Å². The number of hydrogen-bond acceptors (Lipinski definition) is 6. The van der Waals surface area contributed by atoms with Gasteiger partial charge in [0.05, 0.1) is 24.8 Å². The molecule has 2 atom stereocenters. The Morgan fingerprint density at radius 1 is 1.03 bits per heavy atom. The lowest BCUT2D eigenvalue weighted by molar-refractivity contribution is -0.150. The third-order valence-corrected chi connectivity index (χ3v) is 5.36. The highest BCUT2D eigenvalue weighted by Gasteiger charge is 2.44. The minimum atomic E-state index is -0.968. The molecule has 0 aliphatic carbocycles. The molecule has 1 fully saturated rings. The van der Waals surface area contributed by atoms with Gasteiger partial charge in [-0.25, -0.2) is 9.18 Å². The van der Waals surface area contributed by atoms with E-state index in [1.165, 1.54) is 42.3 Å². The molecule has 8 nitrogen and oxygen atoms in total. The van der Waals surface area contributed by atoms with Crippen LogP contribution in [0.1, 0.15) is 27.1 Å². The third kappa shape index (κ3) is 3.74. The summed E-state index contributed by atoms with van der Waals surface area (Å²) in [5, 5.41) is 0. The van der Waals surface area contributed by atoms with Crippen molar-refractivity contribution in [3.8, 4) is 5.75 Å². The number of ether oxygens (including phenoxy) is 2. The first-order chi connectivity index (χ1) is 14.9. The summed E-state index contributed by atoms with van der Waals surface area (Å²) in [6.45, 7) is -0.539. The zero-order valence-corrected chi connectivity index (χ0v) is 16.6. The SMILES string of the molecule is COC(=O)C1CC(Oc2ccccc2F)CN1C(=O)CN1C(=O)c2ccccc2C1=O. The molecule has 2 heterocycles. The fourth-order valence-corrected chi connectivity index (χ4v) is 3.85. The highest BCUT2D eigenvalue weighted by molar-refractivity contribution is 6.22. The van der Waals surface area contributed by atoms with Gasteiger partial charge in [-0.3, -0.25) is 19.3 Å². The first kappa shape index (κ1) is 20.5. The number of hydrogen-bond donors (Lipinski definition) is 0. The number of fused-ring (bicyclic) bond motifs is 1. The summed E-state index contributed by atoms with van der Waals surface area (Å²) in [5.41, 5.74) is 0.457. The molecule has 2 aliphatic heterocycles. The van der Waals surface area contributed by atoms with Crippen LogP contribution in [0.5, 0.6) is 5.75 Å². The van der Waals surface area contributed by atoms with Gasteiger partial charge < -0.3 is 14.4 Å².